The van der Waals surface area contributed by atoms with Crippen molar-refractivity contribution in [2.24, 2.45) is 5.41 Å². The van der Waals surface area contributed by atoms with E-state index in [9.17, 15) is 0 Å². The van der Waals surface area contributed by atoms with Crippen LogP contribution in [0.4, 0.5) is 6.01 Å². The number of para-hydroxylation sites is 2. The number of benzene rings is 1. The van der Waals surface area contributed by atoms with Crippen LogP contribution in [0.25, 0.3) is 11.1 Å². The third kappa shape index (κ3) is 2.35. The van der Waals surface area contributed by atoms with Gasteiger partial charge in [-0.1, -0.05) is 32.9 Å². The topological polar surface area (TPSA) is 38.1 Å². The van der Waals surface area contributed by atoms with Gasteiger partial charge in [0.2, 0.25) is 0 Å². The van der Waals surface area contributed by atoms with E-state index in [1.807, 2.05) is 24.3 Å². The monoisotopic (exact) mass is 218 g/mol. The lowest BCUT2D eigenvalue weighted by Gasteiger charge is -2.21. The van der Waals surface area contributed by atoms with Crippen molar-refractivity contribution in [2.75, 3.05) is 11.9 Å². The molecule has 0 aliphatic heterocycles. The van der Waals surface area contributed by atoms with E-state index in [1.54, 1.807) is 0 Å². The van der Waals surface area contributed by atoms with Crippen LogP contribution in [0.5, 0.6) is 0 Å². The molecule has 1 aromatic carbocycles. The van der Waals surface area contributed by atoms with Crippen molar-refractivity contribution in [1.29, 1.82) is 0 Å². The fourth-order valence-electron chi connectivity index (χ4n) is 1.39. The summed E-state index contributed by atoms with van der Waals surface area (Å²) >= 11 is 0. The van der Waals surface area contributed by atoms with Crippen LogP contribution < -0.4 is 5.32 Å². The molecule has 0 amide bonds. The summed E-state index contributed by atoms with van der Waals surface area (Å²) in [4.78, 5) is 4.37. The summed E-state index contributed by atoms with van der Waals surface area (Å²) in [6.07, 6.45) is 1.13. The maximum absolute atomic E-state index is 5.59. The van der Waals surface area contributed by atoms with Crippen molar-refractivity contribution in [1.82, 2.24) is 4.98 Å². The Morgan fingerprint density at radius 3 is 2.75 bits per heavy atom. The number of hydrogen-bond donors (Lipinski definition) is 1. The van der Waals surface area contributed by atoms with Crippen LogP contribution in [0.3, 0.4) is 0 Å². The summed E-state index contributed by atoms with van der Waals surface area (Å²) in [6.45, 7) is 7.51. The van der Waals surface area contributed by atoms with Gasteiger partial charge in [0, 0.05) is 6.54 Å². The number of rotatable bonds is 4. The van der Waals surface area contributed by atoms with Gasteiger partial charge in [-0.2, -0.15) is 4.98 Å². The largest absolute Gasteiger partial charge is 0.424 e. The van der Waals surface area contributed by atoms with Crippen molar-refractivity contribution in [2.45, 2.75) is 27.2 Å². The molecule has 2 aromatic rings. The van der Waals surface area contributed by atoms with E-state index >= 15 is 0 Å². The molecule has 0 atom stereocenters. The second-order valence-electron chi connectivity index (χ2n) is 4.86. The first-order chi connectivity index (χ1) is 7.61. The number of nitrogens with zero attached hydrogens (tertiary/aromatic N) is 1. The zero-order valence-corrected chi connectivity index (χ0v) is 10.1. The van der Waals surface area contributed by atoms with E-state index in [0.717, 1.165) is 24.1 Å². The summed E-state index contributed by atoms with van der Waals surface area (Å²) in [5.41, 5.74) is 2.00. The van der Waals surface area contributed by atoms with Crippen LogP contribution in [-0.4, -0.2) is 11.5 Å². The Morgan fingerprint density at radius 2 is 2.06 bits per heavy atom. The minimum atomic E-state index is 0.265. The number of oxazole rings is 1. The van der Waals surface area contributed by atoms with Crippen LogP contribution in [0.15, 0.2) is 28.7 Å². The first kappa shape index (κ1) is 11.0. The summed E-state index contributed by atoms with van der Waals surface area (Å²) in [6, 6.07) is 8.41. The highest BCUT2D eigenvalue weighted by atomic mass is 16.4. The predicted octanol–water partition coefficient (Wildman–Crippen LogP) is 3.68. The second-order valence-corrected chi connectivity index (χ2v) is 4.86. The van der Waals surface area contributed by atoms with E-state index in [1.165, 1.54) is 0 Å². The molecular weight excluding hydrogens is 200 g/mol. The van der Waals surface area contributed by atoms with Gasteiger partial charge < -0.3 is 9.73 Å². The lowest BCUT2D eigenvalue weighted by atomic mass is 9.90. The molecule has 0 radical (unpaired) electrons. The molecule has 0 fully saturated rings. The van der Waals surface area contributed by atoms with Gasteiger partial charge in [-0.25, -0.2) is 0 Å². The zero-order valence-electron chi connectivity index (χ0n) is 10.1. The fraction of sp³-hybridized carbons (Fsp3) is 0.462. The molecule has 3 nitrogen and oxygen atoms in total. The van der Waals surface area contributed by atoms with Crippen LogP contribution in [0.2, 0.25) is 0 Å². The molecule has 0 saturated carbocycles. The van der Waals surface area contributed by atoms with E-state index in [0.29, 0.717) is 6.01 Å². The van der Waals surface area contributed by atoms with Gasteiger partial charge in [0.05, 0.1) is 0 Å². The molecule has 0 saturated heterocycles. The van der Waals surface area contributed by atoms with E-state index in [-0.39, 0.29) is 5.41 Å². The van der Waals surface area contributed by atoms with Gasteiger partial charge in [-0.15, -0.1) is 0 Å². The summed E-state index contributed by atoms with van der Waals surface area (Å²) in [5, 5.41) is 3.25. The molecule has 0 unspecified atom stereocenters. The van der Waals surface area contributed by atoms with Gasteiger partial charge in [-0.3, -0.25) is 0 Å². The third-order valence-corrected chi connectivity index (χ3v) is 2.97. The fourth-order valence-corrected chi connectivity index (χ4v) is 1.39. The molecular formula is C13H18N2O. The van der Waals surface area contributed by atoms with Gasteiger partial charge in [0.15, 0.2) is 5.58 Å². The summed E-state index contributed by atoms with van der Waals surface area (Å²) in [5.74, 6) is 0. The van der Waals surface area contributed by atoms with Gasteiger partial charge in [-0.05, 0) is 24.0 Å². The lowest BCUT2D eigenvalue weighted by molar-refractivity contribution is 0.373. The van der Waals surface area contributed by atoms with Gasteiger partial charge in [0.25, 0.3) is 6.01 Å². The number of aromatic nitrogens is 1. The minimum Gasteiger partial charge on any atom is -0.424 e. The maximum atomic E-state index is 5.59. The summed E-state index contributed by atoms with van der Waals surface area (Å²) < 4.78 is 5.59. The molecule has 86 valence electrons. The highest BCUT2D eigenvalue weighted by Gasteiger charge is 2.15. The quantitative estimate of drug-likeness (QED) is 0.850. The van der Waals surface area contributed by atoms with E-state index in [4.69, 9.17) is 4.42 Å². The smallest absolute Gasteiger partial charge is 0.295 e. The normalized spacial score (nSPS) is 11.9. The van der Waals surface area contributed by atoms with Crippen molar-refractivity contribution >= 4 is 17.1 Å². The Morgan fingerprint density at radius 1 is 1.31 bits per heavy atom. The first-order valence-electron chi connectivity index (χ1n) is 5.70. The van der Waals surface area contributed by atoms with Crippen LogP contribution in [-0.2, 0) is 0 Å². The standard InChI is InChI=1S/C13H18N2O/c1-4-13(2,3)9-14-12-15-10-7-5-6-8-11(10)16-12/h5-8H,4,9H2,1-3H3,(H,14,15). The number of fused-ring (bicyclic) bond motifs is 1. The maximum Gasteiger partial charge on any atom is 0.295 e. The Kier molecular flexibility index (Phi) is 2.86. The minimum absolute atomic E-state index is 0.265. The highest BCUT2D eigenvalue weighted by molar-refractivity contribution is 5.74. The molecule has 1 aromatic heterocycles. The molecule has 0 bridgehead atoms. The van der Waals surface area contributed by atoms with Crippen LogP contribution >= 0.6 is 0 Å². The number of anilines is 1. The number of hydrogen-bond acceptors (Lipinski definition) is 3. The molecule has 16 heavy (non-hydrogen) atoms. The first-order valence-corrected chi connectivity index (χ1v) is 5.70. The molecule has 0 spiro atoms. The third-order valence-electron chi connectivity index (χ3n) is 2.97. The predicted molar refractivity (Wildman–Crippen MR) is 66.6 cm³/mol. The Labute approximate surface area is 95.9 Å². The number of nitrogens with one attached hydrogen (secondary N) is 1. The molecule has 0 aliphatic rings. The van der Waals surface area contributed by atoms with Crippen molar-refractivity contribution in [3.63, 3.8) is 0 Å². The second kappa shape index (κ2) is 4.16. The highest BCUT2D eigenvalue weighted by Crippen LogP contribution is 2.22. The average Bonchev–Trinajstić information content (AvgIpc) is 2.69. The summed E-state index contributed by atoms with van der Waals surface area (Å²) in [7, 11) is 0. The molecule has 1 heterocycles. The molecule has 3 heteroatoms. The van der Waals surface area contributed by atoms with Crippen molar-refractivity contribution < 1.29 is 4.42 Å². The Hall–Kier alpha value is -1.51. The van der Waals surface area contributed by atoms with E-state index < -0.39 is 0 Å². The molecule has 0 aliphatic carbocycles. The SMILES string of the molecule is CCC(C)(C)CNc1nc2ccccc2o1. The lowest BCUT2D eigenvalue weighted by Crippen LogP contribution is -2.22. The zero-order chi connectivity index (χ0) is 11.6. The Bertz CT molecular complexity index is 440. The average molecular weight is 218 g/mol. The van der Waals surface area contributed by atoms with Gasteiger partial charge >= 0.3 is 0 Å². The Balaban J connectivity index is 2.10. The molecule has 2 rings (SSSR count). The van der Waals surface area contributed by atoms with Crippen LogP contribution in [0, 0.1) is 5.41 Å². The van der Waals surface area contributed by atoms with Crippen LogP contribution in [0.1, 0.15) is 27.2 Å². The van der Waals surface area contributed by atoms with E-state index in [2.05, 4.69) is 31.1 Å². The van der Waals surface area contributed by atoms with Gasteiger partial charge in [0.1, 0.15) is 5.52 Å². The van der Waals surface area contributed by atoms with Crippen molar-refractivity contribution in [3.8, 4) is 0 Å². The van der Waals surface area contributed by atoms with Crippen molar-refractivity contribution in [3.05, 3.63) is 24.3 Å². The molecule has 1 N–H and O–H groups in total.